The Kier molecular flexibility index (Phi) is 4.11. The zero-order valence-electron chi connectivity index (χ0n) is 13.5. The Hall–Kier alpha value is -2.93. The quantitative estimate of drug-likeness (QED) is 0.400. The topological polar surface area (TPSA) is 30.2 Å². The molecule has 2 heterocycles. The fraction of sp³-hybridized carbons (Fsp3) is 0.0526. The standard InChI is InChI=1S/C19H10ClF4N3/c20-13-3-1-2-12(8-13)16-9-17(19(22,23)24)27-18(26-16)15(10-25-27)11-4-6-14(21)7-5-11/h1-10H. The molecule has 3 nitrogen and oxygen atoms in total. The molecule has 0 bridgehead atoms. The van der Waals surface area contributed by atoms with E-state index in [1.807, 2.05) is 0 Å². The van der Waals surface area contributed by atoms with E-state index in [1.165, 1.54) is 36.5 Å². The molecule has 0 N–H and O–H groups in total. The minimum Gasteiger partial charge on any atom is -0.228 e. The van der Waals surface area contributed by atoms with Crippen molar-refractivity contribution in [1.82, 2.24) is 14.6 Å². The van der Waals surface area contributed by atoms with Gasteiger partial charge in [-0.2, -0.15) is 18.3 Å². The predicted molar refractivity (Wildman–Crippen MR) is 93.8 cm³/mol. The molecule has 0 saturated heterocycles. The maximum absolute atomic E-state index is 13.6. The van der Waals surface area contributed by atoms with Crippen LogP contribution in [0.4, 0.5) is 17.6 Å². The lowest BCUT2D eigenvalue weighted by Gasteiger charge is -2.12. The molecule has 0 atom stereocenters. The van der Waals surface area contributed by atoms with E-state index in [1.54, 1.807) is 18.2 Å². The van der Waals surface area contributed by atoms with Crippen LogP contribution in [0.2, 0.25) is 5.02 Å². The number of hydrogen-bond donors (Lipinski definition) is 0. The number of fused-ring (bicyclic) bond motifs is 1. The van der Waals surface area contributed by atoms with Gasteiger partial charge >= 0.3 is 6.18 Å². The summed E-state index contributed by atoms with van der Waals surface area (Å²) < 4.78 is 54.7. The van der Waals surface area contributed by atoms with Gasteiger partial charge in [0.2, 0.25) is 0 Å². The van der Waals surface area contributed by atoms with Crippen molar-refractivity contribution in [3.8, 4) is 22.4 Å². The molecule has 0 spiro atoms. The second kappa shape index (κ2) is 6.35. The third-order valence-corrected chi connectivity index (χ3v) is 4.27. The van der Waals surface area contributed by atoms with Gasteiger partial charge in [0, 0.05) is 16.1 Å². The second-order valence-corrected chi connectivity index (χ2v) is 6.27. The van der Waals surface area contributed by atoms with Crippen molar-refractivity contribution in [2.24, 2.45) is 0 Å². The van der Waals surface area contributed by atoms with Gasteiger partial charge in [-0.05, 0) is 35.9 Å². The Morgan fingerprint density at radius 1 is 0.926 bits per heavy atom. The lowest BCUT2D eigenvalue weighted by atomic mass is 10.1. The monoisotopic (exact) mass is 391 g/mol. The molecule has 27 heavy (non-hydrogen) atoms. The third-order valence-electron chi connectivity index (χ3n) is 4.04. The molecule has 136 valence electrons. The van der Waals surface area contributed by atoms with E-state index in [0.29, 0.717) is 21.7 Å². The zero-order valence-corrected chi connectivity index (χ0v) is 14.3. The molecular formula is C19H10ClF4N3. The Bertz CT molecular complexity index is 1130. The van der Waals surface area contributed by atoms with Gasteiger partial charge in [-0.25, -0.2) is 13.9 Å². The minimum atomic E-state index is -4.64. The number of halogens is 5. The first-order chi connectivity index (χ1) is 12.8. The minimum absolute atomic E-state index is 0.0198. The summed E-state index contributed by atoms with van der Waals surface area (Å²) in [6.07, 6.45) is -3.35. The van der Waals surface area contributed by atoms with E-state index in [9.17, 15) is 17.6 Å². The fourth-order valence-electron chi connectivity index (χ4n) is 2.79. The van der Waals surface area contributed by atoms with Crippen molar-refractivity contribution in [2.45, 2.75) is 6.18 Å². The molecule has 0 unspecified atom stereocenters. The van der Waals surface area contributed by atoms with Gasteiger partial charge in [-0.3, -0.25) is 0 Å². The SMILES string of the molecule is Fc1ccc(-c2cnn3c(C(F)(F)F)cc(-c4cccc(Cl)c4)nc23)cc1. The van der Waals surface area contributed by atoms with Gasteiger partial charge in [0.1, 0.15) is 5.82 Å². The van der Waals surface area contributed by atoms with E-state index >= 15 is 0 Å². The lowest BCUT2D eigenvalue weighted by Crippen LogP contribution is -2.13. The van der Waals surface area contributed by atoms with Crippen molar-refractivity contribution in [3.63, 3.8) is 0 Å². The average molecular weight is 392 g/mol. The van der Waals surface area contributed by atoms with Crippen molar-refractivity contribution in [2.75, 3.05) is 0 Å². The molecule has 0 aliphatic heterocycles. The maximum Gasteiger partial charge on any atom is 0.433 e. The van der Waals surface area contributed by atoms with Crippen LogP contribution >= 0.6 is 11.6 Å². The molecule has 0 saturated carbocycles. The number of aromatic nitrogens is 3. The molecule has 4 aromatic rings. The Morgan fingerprint density at radius 3 is 2.33 bits per heavy atom. The van der Waals surface area contributed by atoms with Gasteiger partial charge in [0.25, 0.3) is 0 Å². The summed E-state index contributed by atoms with van der Waals surface area (Å²) in [4.78, 5) is 4.37. The lowest BCUT2D eigenvalue weighted by molar-refractivity contribution is -0.142. The van der Waals surface area contributed by atoms with Crippen molar-refractivity contribution in [3.05, 3.63) is 77.3 Å². The van der Waals surface area contributed by atoms with Crippen LogP contribution < -0.4 is 0 Å². The summed E-state index contributed by atoms with van der Waals surface area (Å²) in [6, 6.07) is 12.7. The van der Waals surface area contributed by atoms with Gasteiger partial charge in [0.15, 0.2) is 11.3 Å². The molecular weight excluding hydrogens is 382 g/mol. The normalized spacial score (nSPS) is 11.9. The fourth-order valence-corrected chi connectivity index (χ4v) is 2.98. The molecule has 0 aliphatic carbocycles. The van der Waals surface area contributed by atoms with Crippen LogP contribution in [0.3, 0.4) is 0 Å². The van der Waals surface area contributed by atoms with Gasteiger partial charge < -0.3 is 0 Å². The Balaban J connectivity index is 2.01. The highest BCUT2D eigenvalue weighted by atomic mass is 35.5. The van der Waals surface area contributed by atoms with Gasteiger partial charge in [-0.15, -0.1) is 0 Å². The van der Waals surface area contributed by atoms with Crippen LogP contribution in [0.5, 0.6) is 0 Å². The summed E-state index contributed by atoms with van der Waals surface area (Å²) in [5, 5.41) is 4.23. The number of benzene rings is 2. The van der Waals surface area contributed by atoms with Gasteiger partial charge in [-0.1, -0.05) is 35.9 Å². The average Bonchev–Trinajstić information content (AvgIpc) is 3.04. The number of hydrogen-bond acceptors (Lipinski definition) is 2. The second-order valence-electron chi connectivity index (χ2n) is 5.84. The Labute approximate surface area is 155 Å². The van der Waals surface area contributed by atoms with Crippen molar-refractivity contribution >= 4 is 17.2 Å². The van der Waals surface area contributed by atoms with Crippen LogP contribution in [0.25, 0.3) is 28.0 Å². The molecule has 0 aliphatic rings. The molecule has 0 fully saturated rings. The van der Waals surface area contributed by atoms with Gasteiger partial charge in [0.05, 0.1) is 11.9 Å². The zero-order chi connectivity index (χ0) is 19.2. The van der Waals surface area contributed by atoms with Crippen LogP contribution in [0.15, 0.2) is 60.8 Å². The molecule has 4 rings (SSSR count). The molecule has 0 radical (unpaired) electrons. The first-order valence-corrected chi connectivity index (χ1v) is 8.18. The summed E-state index contributed by atoms with van der Waals surface area (Å²) in [5.74, 6) is -0.446. The smallest absolute Gasteiger partial charge is 0.228 e. The summed E-state index contributed by atoms with van der Waals surface area (Å²) >= 11 is 5.96. The van der Waals surface area contributed by atoms with E-state index in [4.69, 9.17) is 11.6 Å². The van der Waals surface area contributed by atoms with E-state index in [-0.39, 0.29) is 11.3 Å². The number of nitrogens with zero attached hydrogens (tertiary/aromatic N) is 3. The first-order valence-electron chi connectivity index (χ1n) is 7.81. The number of alkyl halides is 3. The van der Waals surface area contributed by atoms with Crippen LogP contribution in [0, 0.1) is 5.82 Å². The highest BCUT2D eigenvalue weighted by Crippen LogP contribution is 2.35. The summed E-state index contributed by atoms with van der Waals surface area (Å²) in [6.45, 7) is 0. The molecule has 2 aromatic carbocycles. The highest BCUT2D eigenvalue weighted by Gasteiger charge is 2.35. The molecule has 8 heteroatoms. The Morgan fingerprint density at radius 2 is 1.67 bits per heavy atom. The van der Waals surface area contributed by atoms with E-state index in [0.717, 1.165) is 10.6 Å². The molecule has 0 amide bonds. The van der Waals surface area contributed by atoms with Crippen molar-refractivity contribution in [1.29, 1.82) is 0 Å². The van der Waals surface area contributed by atoms with Crippen LogP contribution in [-0.4, -0.2) is 14.6 Å². The van der Waals surface area contributed by atoms with E-state index < -0.39 is 17.7 Å². The van der Waals surface area contributed by atoms with E-state index in [2.05, 4.69) is 10.1 Å². The third kappa shape index (κ3) is 3.26. The predicted octanol–water partition coefficient (Wildman–Crippen LogP) is 5.87. The van der Waals surface area contributed by atoms with Crippen molar-refractivity contribution < 1.29 is 17.6 Å². The van der Waals surface area contributed by atoms with Crippen LogP contribution in [-0.2, 0) is 6.18 Å². The van der Waals surface area contributed by atoms with Crippen LogP contribution in [0.1, 0.15) is 5.69 Å². The number of rotatable bonds is 2. The summed E-state index contributed by atoms with van der Waals surface area (Å²) in [5.41, 5.74) is 0.491. The summed E-state index contributed by atoms with van der Waals surface area (Å²) in [7, 11) is 0. The maximum atomic E-state index is 13.6. The first kappa shape index (κ1) is 17.5. The molecule has 2 aromatic heterocycles. The highest BCUT2D eigenvalue weighted by molar-refractivity contribution is 6.30. The largest absolute Gasteiger partial charge is 0.433 e.